The SMILES string of the molecule is CCCC1CCC(c2cc(F)c(C(F)(F)c3ccc(F)c(F)c3F)c(F)c2)CC1. The Labute approximate surface area is 164 Å². The third-order valence-electron chi connectivity index (χ3n) is 5.77. The van der Waals surface area contributed by atoms with Gasteiger partial charge in [0.1, 0.15) is 11.6 Å². The molecule has 0 N–H and O–H groups in total. The van der Waals surface area contributed by atoms with Crippen molar-refractivity contribution in [3.63, 3.8) is 0 Å². The van der Waals surface area contributed by atoms with Crippen molar-refractivity contribution >= 4 is 0 Å². The lowest BCUT2D eigenvalue weighted by molar-refractivity contribution is 0.0299. The van der Waals surface area contributed by atoms with E-state index in [4.69, 9.17) is 0 Å². The molecule has 0 radical (unpaired) electrons. The molecule has 0 amide bonds. The lowest BCUT2D eigenvalue weighted by atomic mass is 9.77. The van der Waals surface area contributed by atoms with E-state index in [0.29, 0.717) is 24.8 Å². The van der Waals surface area contributed by atoms with Gasteiger partial charge in [-0.15, -0.1) is 0 Å². The molecule has 2 aromatic rings. The summed E-state index contributed by atoms with van der Waals surface area (Å²) in [5.41, 5.74) is -3.02. The van der Waals surface area contributed by atoms with Crippen LogP contribution in [-0.4, -0.2) is 0 Å². The number of hydrogen-bond acceptors (Lipinski definition) is 0. The molecule has 3 rings (SSSR count). The minimum atomic E-state index is -4.51. The largest absolute Gasteiger partial charge is 0.307 e. The van der Waals surface area contributed by atoms with Crippen LogP contribution in [0.25, 0.3) is 0 Å². The third-order valence-corrected chi connectivity index (χ3v) is 5.77. The highest BCUT2D eigenvalue weighted by molar-refractivity contribution is 5.39. The Hall–Kier alpha value is -2.05. The van der Waals surface area contributed by atoms with Crippen molar-refractivity contribution in [3.05, 3.63) is 70.0 Å². The molecule has 29 heavy (non-hydrogen) atoms. The minimum Gasteiger partial charge on any atom is -0.206 e. The van der Waals surface area contributed by atoms with Crippen molar-refractivity contribution in [2.24, 2.45) is 5.92 Å². The molecule has 1 aliphatic rings. The van der Waals surface area contributed by atoms with Gasteiger partial charge in [-0.3, -0.25) is 0 Å². The first-order valence-electron chi connectivity index (χ1n) is 9.68. The Morgan fingerprint density at radius 3 is 1.97 bits per heavy atom. The van der Waals surface area contributed by atoms with Crippen LogP contribution in [0.2, 0.25) is 0 Å². The summed E-state index contributed by atoms with van der Waals surface area (Å²) in [4.78, 5) is 0. The molecular weight excluding hydrogens is 397 g/mol. The molecule has 0 aromatic heterocycles. The summed E-state index contributed by atoms with van der Waals surface area (Å²) in [5, 5.41) is 0. The van der Waals surface area contributed by atoms with Crippen LogP contribution in [0, 0.1) is 35.0 Å². The summed E-state index contributed by atoms with van der Waals surface area (Å²) < 4.78 is 98.7. The predicted molar refractivity (Wildman–Crippen MR) is 95.3 cm³/mol. The van der Waals surface area contributed by atoms with E-state index in [1.807, 2.05) is 0 Å². The van der Waals surface area contributed by atoms with Crippen LogP contribution >= 0.6 is 0 Å². The fourth-order valence-corrected chi connectivity index (χ4v) is 4.22. The molecule has 0 nitrogen and oxygen atoms in total. The summed E-state index contributed by atoms with van der Waals surface area (Å²) in [5.74, 6) is -13.1. The molecular formula is C22H21F7. The molecule has 0 aliphatic heterocycles. The van der Waals surface area contributed by atoms with Gasteiger partial charge < -0.3 is 0 Å². The van der Waals surface area contributed by atoms with Crippen molar-refractivity contribution in [1.29, 1.82) is 0 Å². The molecule has 1 aliphatic carbocycles. The Morgan fingerprint density at radius 2 is 1.41 bits per heavy atom. The Balaban J connectivity index is 1.93. The molecule has 7 heteroatoms. The van der Waals surface area contributed by atoms with Crippen LogP contribution in [0.4, 0.5) is 30.7 Å². The van der Waals surface area contributed by atoms with Crippen LogP contribution in [0.3, 0.4) is 0 Å². The zero-order valence-electron chi connectivity index (χ0n) is 15.9. The van der Waals surface area contributed by atoms with Gasteiger partial charge >= 0.3 is 5.92 Å². The number of alkyl halides is 2. The van der Waals surface area contributed by atoms with Gasteiger partial charge in [0.15, 0.2) is 17.5 Å². The average Bonchev–Trinajstić information content (AvgIpc) is 2.66. The van der Waals surface area contributed by atoms with Gasteiger partial charge in [0.25, 0.3) is 0 Å². The monoisotopic (exact) mass is 418 g/mol. The smallest absolute Gasteiger partial charge is 0.206 e. The normalized spacial score (nSPS) is 20.1. The van der Waals surface area contributed by atoms with Crippen molar-refractivity contribution in [3.8, 4) is 0 Å². The molecule has 0 saturated heterocycles. The average molecular weight is 418 g/mol. The quantitative estimate of drug-likeness (QED) is 0.347. The standard InChI is InChI=1S/C22H21F7/c1-2-3-12-4-6-13(7-5-12)14-10-17(24)19(18(25)11-14)22(28,29)15-8-9-16(23)21(27)20(15)26/h8-13H,2-7H2,1H3. The van der Waals surface area contributed by atoms with Crippen LogP contribution in [0.15, 0.2) is 24.3 Å². The summed E-state index contributed by atoms with van der Waals surface area (Å²) >= 11 is 0. The highest BCUT2D eigenvalue weighted by atomic mass is 19.3. The highest BCUT2D eigenvalue weighted by Crippen LogP contribution is 2.43. The van der Waals surface area contributed by atoms with E-state index in [-0.39, 0.29) is 17.5 Å². The lowest BCUT2D eigenvalue weighted by Gasteiger charge is -2.29. The summed E-state index contributed by atoms with van der Waals surface area (Å²) in [6.45, 7) is 2.09. The van der Waals surface area contributed by atoms with Gasteiger partial charge in [-0.2, -0.15) is 8.78 Å². The van der Waals surface area contributed by atoms with E-state index in [9.17, 15) is 30.7 Å². The van der Waals surface area contributed by atoms with Crippen LogP contribution in [-0.2, 0) is 5.92 Å². The van der Waals surface area contributed by atoms with Gasteiger partial charge in [-0.25, -0.2) is 22.0 Å². The number of hydrogen-bond donors (Lipinski definition) is 0. The van der Waals surface area contributed by atoms with Gasteiger partial charge in [-0.1, -0.05) is 19.8 Å². The third kappa shape index (κ3) is 4.14. The maximum atomic E-state index is 14.7. The summed E-state index contributed by atoms with van der Waals surface area (Å²) in [6, 6.07) is 2.26. The van der Waals surface area contributed by atoms with Crippen molar-refractivity contribution in [2.75, 3.05) is 0 Å². The second kappa shape index (κ2) is 8.36. The zero-order chi connectivity index (χ0) is 21.3. The van der Waals surface area contributed by atoms with Gasteiger partial charge in [0.2, 0.25) is 0 Å². The molecule has 0 atom stereocenters. The summed E-state index contributed by atoms with van der Waals surface area (Å²) in [7, 11) is 0. The molecule has 1 saturated carbocycles. The molecule has 1 fully saturated rings. The second-order valence-corrected chi connectivity index (χ2v) is 7.66. The van der Waals surface area contributed by atoms with Gasteiger partial charge in [0, 0.05) is 0 Å². The Bertz CT molecular complexity index is 860. The lowest BCUT2D eigenvalue weighted by Crippen LogP contribution is -2.23. The molecule has 0 heterocycles. The van der Waals surface area contributed by atoms with Crippen molar-refractivity contribution in [2.45, 2.75) is 57.3 Å². The van der Waals surface area contributed by atoms with E-state index in [0.717, 1.165) is 37.8 Å². The first-order valence-corrected chi connectivity index (χ1v) is 9.68. The van der Waals surface area contributed by atoms with Crippen LogP contribution in [0.5, 0.6) is 0 Å². The summed E-state index contributed by atoms with van der Waals surface area (Å²) in [6.07, 6.45) is 5.36. The predicted octanol–water partition coefficient (Wildman–Crippen LogP) is 7.60. The minimum absolute atomic E-state index is 0.144. The molecule has 0 spiro atoms. The highest BCUT2D eigenvalue weighted by Gasteiger charge is 2.43. The Kier molecular flexibility index (Phi) is 6.24. The van der Waals surface area contributed by atoms with E-state index in [1.165, 1.54) is 0 Å². The second-order valence-electron chi connectivity index (χ2n) is 7.66. The fourth-order valence-electron chi connectivity index (χ4n) is 4.22. The number of rotatable bonds is 5. The van der Waals surface area contributed by atoms with Crippen LogP contribution in [0.1, 0.15) is 68.1 Å². The Morgan fingerprint density at radius 1 is 0.828 bits per heavy atom. The van der Waals surface area contributed by atoms with Gasteiger partial charge in [0.05, 0.1) is 11.1 Å². The molecule has 2 aromatic carbocycles. The molecule has 0 unspecified atom stereocenters. The first-order chi connectivity index (χ1) is 13.7. The van der Waals surface area contributed by atoms with Crippen molar-refractivity contribution in [1.82, 2.24) is 0 Å². The topological polar surface area (TPSA) is 0 Å². The van der Waals surface area contributed by atoms with E-state index < -0.39 is 46.1 Å². The number of halogens is 7. The first kappa shape index (κ1) is 21.7. The molecule has 158 valence electrons. The van der Waals surface area contributed by atoms with Crippen molar-refractivity contribution < 1.29 is 30.7 Å². The zero-order valence-corrected chi connectivity index (χ0v) is 15.9. The maximum absolute atomic E-state index is 14.7. The van der Waals surface area contributed by atoms with E-state index in [2.05, 4.69) is 6.92 Å². The number of benzene rings is 2. The fraction of sp³-hybridized carbons (Fsp3) is 0.455. The van der Waals surface area contributed by atoms with Crippen LogP contribution < -0.4 is 0 Å². The van der Waals surface area contributed by atoms with E-state index >= 15 is 0 Å². The van der Waals surface area contributed by atoms with E-state index in [1.54, 1.807) is 0 Å². The van der Waals surface area contributed by atoms with Gasteiger partial charge in [-0.05, 0) is 67.3 Å². The maximum Gasteiger partial charge on any atom is 0.307 e. The molecule has 0 bridgehead atoms.